The van der Waals surface area contributed by atoms with Crippen LogP contribution < -0.4 is 5.32 Å². The number of hydrogen-bond donors (Lipinski definition) is 1. The predicted octanol–water partition coefficient (Wildman–Crippen LogP) is 1.67. The van der Waals surface area contributed by atoms with Crippen LogP contribution in [-0.2, 0) is 6.42 Å². The summed E-state index contributed by atoms with van der Waals surface area (Å²) in [6.45, 7) is 2.11. The fourth-order valence-corrected chi connectivity index (χ4v) is 0.795. The maximum absolute atomic E-state index is 4.98. The van der Waals surface area contributed by atoms with Crippen molar-refractivity contribution in [3.05, 3.63) is 11.8 Å². The van der Waals surface area contributed by atoms with Gasteiger partial charge in [0.2, 0.25) is 0 Å². The number of aromatic nitrogens is 1. The largest absolute Gasteiger partial charge is 0.370 e. The minimum atomic E-state index is 0.809. The predicted molar refractivity (Wildman–Crippen MR) is 40.0 cm³/mol. The van der Waals surface area contributed by atoms with Crippen LogP contribution in [0.15, 0.2) is 10.6 Å². The van der Waals surface area contributed by atoms with Gasteiger partial charge in [-0.1, -0.05) is 12.1 Å². The van der Waals surface area contributed by atoms with Crippen LogP contribution in [0.25, 0.3) is 0 Å². The average molecular weight is 140 g/mol. The molecule has 1 rings (SSSR count). The van der Waals surface area contributed by atoms with E-state index in [-0.39, 0.29) is 0 Å². The molecule has 0 saturated heterocycles. The minimum Gasteiger partial charge on any atom is -0.370 e. The summed E-state index contributed by atoms with van der Waals surface area (Å²) in [6, 6.07) is 1.92. The van der Waals surface area contributed by atoms with Crippen LogP contribution >= 0.6 is 0 Å². The Morgan fingerprint density at radius 3 is 3.00 bits per heavy atom. The van der Waals surface area contributed by atoms with Crippen LogP contribution in [0.2, 0.25) is 0 Å². The van der Waals surface area contributed by atoms with Gasteiger partial charge in [-0.25, -0.2) is 0 Å². The summed E-state index contributed by atoms with van der Waals surface area (Å²) in [5, 5.41) is 6.67. The average Bonchev–Trinajstić information content (AvgIpc) is 2.37. The Hall–Kier alpha value is -0.990. The molecule has 0 radical (unpaired) electrons. The van der Waals surface area contributed by atoms with Crippen molar-refractivity contribution in [2.24, 2.45) is 0 Å². The fraction of sp³-hybridized carbons (Fsp3) is 0.571. The van der Waals surface area contributed by atoms with E-state index in [4.69, 9.17) is 4.52 Å². The Morgan fingerprint density at radius 1 is 1.70 bits per heavy atom. The van der Waals surface area contributed by atoms with Crippen LogP contribution in [0.5, 0.6) is 0 Å². The summed E-state index contributed by atoms with van der Waals surface area (Å²) in [5.74, 6) is 1.76. The highest BCUT2D eigenvalue weighted by Gasteiger charge is 1.98. The number of rotatable bonds is 3. The topological polar surface area (TPSA) is 38.1 Å². The Morgan fingerprint density at radius 2 is 2.50 bits per heavy atom. The van der Waals surface area contributed by atoms with Crippen LogP contribution in [0.3, 0.4) is 0 Å². The molecule has 0 atom stereocenters. The molecular formula is C7H12N2O. The molecule has 0 spiro atoms. The first-order valence-electron chi connectivity index (χ1n) is 3.50. The standard InChI is InChI=1S/C7H12N2O/c1-3-4-6-5-7(8-2)9-10-6/h5H,3-4H2,1-2H3,(H,8,9). The molecule has 3 nitrogen and oxygen atoms in total. The highest BCUT2D eigenvalue weighted by atomic mass is 16.5. The molecule has 1 N–H and O–H groups in total. The third-order valence-corrected chi connectivity index (χ3v) is 1.31. The Labute approximate surface area is 60.4 Å². The van der Waals surface area contributed by atoms with E-state index >= 15 is 0 Å². The number of aryl methyl sites for hydroxylation is 1. The van der Waals surface area contributed by atoms with Gasteiger partial charge in [-0.05, 0) is 6.42 Å². The number of nitrogens with zero attached hydrogens (tertiary/aromatic N) is 1. The molecule has 0 aliphatic heterocycles. The van der Waals surface area contributed by atoms with Gasteiger partial charge in [-0.15, -0.1) is 0 Å². The van der Waals surface area contributed by atoms with Crippen molar-refractivity contribution in [3.63, 3.8) is 0 Å². The number of hydrogen-bond acceptors (Lipinski definition) is 3. The molecule has 3 heteroatoms. The lowest BCUT2D eigenvalue weighted by Gasteiger charge is -1.85. The molecule has 1 aromatic rings. The molecule has 0 fully saturated rings. The molecule has 0 aliphatic carbocycles. The zero-order valence-corrected chi connectivity index (χ0v) is 6.35. The first kappa shape index (κ1) is 7.12. The van der Waals surface area contributed by atoms with Crippen molar-refractivity contribution in [2.45, 2.75) is 19.8 Å². The van der Waals surface area contributed by atoms with Crippen molar-refractivity contribution in [1.82, 2.24) is 5.16 Å². The second-order valence-corrected chi connectivity index (χ2v) is 2.18. The van der Waals surface area contributed by atoms with E-state index in [2.05, 4.69) is 17.4 Å². The lowest BCUT2D eigenvalue weighted by Crippen LogP contribution is -1.85. The van der Waals surface area contributed by atoms with E-state index in [1.54, 1.807) is 0 Å². The summed E-state index contributed by atoms with van der Waals surface area (Å²) >= 11 is 0. The van der Waals surface area contributed by atoms with Crippen LogP contribution in [0, 0.1) is 0 Å². The quantitative estimate of drug-likeness (QED) is 0.694. The molecule has 1 heterocycles. The second-order valence-electron chi connectivity index (χ2n) is 2.18. The highest BCUT2D eigenvalue weighted by molar-refractivity contribution is 5.32. The second kappa shape index (κ2) is 3.25. The molecule has 0 aromatic carbocycles. The lowest BCUT2D eigenvalue weighted by atomic mass is 10.3. The third kappa shape index (κ3) is 1.50. The van der Waals surface area contributed by atoms with Gasteiger partial charge in [0.1, 0.15) is 5.76 Å². The molecule has 0 unspecified atom stereocenters. The van der Waals surface area contributed by atoms with Crippen molar-refractivity contribution >= 4 is 5.82 Å². The van der Waals surface area contributed by atoms with Gasteiger partial charge in [-0.3, -0.25) is 0 Å². The Kier molecular flexibility index (Phi) is 2.31. The van der Waals surface area contributed by atoms with Gasteiger partial charge in [0.15, 0.2) is 5.82 Å². The SMILES string of the molecule is CCCc1cc(NC)no1. The molecule has 0 saturated carbocycles. The monoisotopic (exact) mass is 140 g/mol. The minimum absolute atomic E-state index is 0.809. The maximum Gasteiger partial charge on any atom is 0.169 e. The zero-order chi connectivity index (χ0) is 7.40. The van der Waals surface area contributed by atoms with Crippen LogP contribution in [0.1, 0.15) is 19.1 Å². The summed E-state index contributed by atoms with van der Waals surface area (Å²) < 4.78 is 4.98. The zero-order valence-electron chi connectivity index (χ0n) is 6.35. The van der Waals surface area contributed by atoms with Crippen LogP contribution in [0.4, 0.5) is 5.82 Å². The molecule has 0 aliphatic rings. The van der Waals surface area contributed by atoms with Crippen LogP contribution in [-0.4, -0.2) is 12.2 Å². The molecule has 10 heavy (non-hydrogen) atoms. The highest BCUT2D eigenvalue weighted by Crippen LogP contribution is 2.08. The van der Waals surface area contributed by atoms with Gasteiger partial charge in [0, 0.05) is 19.5 Å². The summed E-state index contributed by atoms with van der Waals surface area (Å²) in [7, 11) is 1.83. The summed E-state index contributed by atoms with van der Waals surface area (Å²) in [4.78, 5) is 0. The normalized spacial score (nSPS) is 9.80. The van der Waals surface area contributed by atoms with Gasteiger partial charge in [0.25, 0.3) is 0 Å². The van der Waals surface area contributed by atoms with Crippen molar-refractivity contribution in [1.29, 1.82) is 0 Å². The van der Waals surface area contributed by atoms with E-state index in [1.165, 1.54) is 0 Å². The fourth-order valence-electron chi connectivity index (χ4n) is 0.795. The summed E-state index contributed by atoms with van der Waals surface area (Å²) in [5.41, 5.74) is 0. The molecule has 0 bridgehead atoms. The van der Waals surface area contributed by atoms with Crippen molar-refractivity contribution < 1.29 is 4.52 Å². The third-order valence-electron chi connectivity index (χ3n) is 1.31. The van der Waals surface area contributed by atoms with Gasteiger partial charge >= 0.3 is 0 Å². The Bertz CT molecular complexity index is 195. The van der Waals surface area contributed by atoms with Crippen molar-refractivity contribution in [2.75, 3.05) is 12.4 Å². The molecule has 0 amide bonds. The van der Waals surface area contributed by atoms with E-state index < -0.39 is 0 Å². The maximum atomic E-state index is 4.98. The van der Waals surface area contributed by atoms with E-state index in [1.807, 2.05) is 13.1 Å². The first-order chi connectivity index (χ1) is 4.86. The van der Waals surface area contributed by atoms with Gasteiger partial charge < -0.3 is 9.84 Å². The van der Waals surface area contributed by atoms with Gasteiger partial charge in [-0.2, -0.15) is 0 Å². The van der Waals surface area contributed by atoms with E-state index in [9.17, 15) is 0 Å². The van der Waals surface area contributed by atoms with E-state index in [0.717, 1.165) is 24.4 Å². The number of anilines is 1. The summed E-state index contributed by atoms with van der Waals surface area (Å²) in [6.07, 6.45) is 2.06. The Balaban J connectivity index is 2.59. The first-order valence-corrected chi connectivity index (χ1v) is 3.50. The molecule has 1 aromatic heterocycles. The number of nitrogens with one attached hydrogen (secondary N) is 1. The molecule has 56 valence electrons. The van der Waals surface area contributed by atoms with Crippen molar-refractivity contribution in [3.8, 4) is 0 Å². The smallest absolute Gasteiger partial charge is 0.169 e. The van der Waals surface area contributed by atoms with Gasteiger partial charge in [0.05, 0.1) is 0 Å². The van der Waals surface area contributed by atoms with E-state index in [0.29, 0.717) is 0 Å². The lowest BCUT2D eigenvalue weighted by molar-refractivity contribution is 0.384. The molecular weight excluding hydrogens is 128 g/mol.